The van der Waals surface area contributed by atoms with Crippen LogP contribution in [0.5, 0.6) is 0 Å². The number of benzene rings is 1. The summed E-state index contributed by atoms with van der Waals surface area (Å²) in [6.45, 7) is 4.19. The number of aryl methyl sites for hydroxylation is 3. The van der Waals surface area contributed by atoms with Gasteiger partial charge in [-0.25, -0.2) is 4.98 Å². The second kappa shape index (κ2) is 5.58. The molecule has 1 aromatic carbocycles. The normalized spacial score (nSPS) is 15.6. The van der Waals surface area contributed by atoms with Crippen molar-refractivity contribution in [1.29, 1.82) is 0 Å². The molecule has 0 atom stereocenters. The summed E-state index contributed by atoms with van der Waals surface area (Å²) in [7, 11) is 2.00. The minimum absolute atomic E-state index is 0.0378. The lowest BCUT2D eigenvalue weighted by Gasteiger charge is -2.10. The van der Waals surface area contributed by atoms with E-state index in [1.54, 1.807) is 0 Å². The highest BCUT2D eigenvalue weighted by Gasteiger charge is 2.49. The molecule has 1 saturated carbocycles. The molecule has 3 aromatic rings. The Morgan fingerprint density at radius 1 is 1.12 bits per heavy atom. The molecule has 0 bridgehead atoms. The summed E-state index contributed by atoms with van der Waals surface area (Å²) in [5, 5.41) is 12.2. The summed E-state index contributed by atoms with van der Waals surface area (Å²) in [6, 6.07) is 10.6. The molecule has 0 saturated heterocycles. The Bertz CT molecular complexity index is 855. The van der Waals surface area contributed by atoms with Gasteiger partial charge in [0.2, 0.25) is 0 Å². The number of nitrogens with zero attached hydrogens (tertiary/aromatic N) is 4. The third kappa shape index (κ3) is 2.44. The van der Waals surface area contributed by atoms with Crippen LogP contribution in [0.15, 0.2) is 30.3 Å². The van der Waals surface area contributed by atoms with Crippen molar-refractivity contribution in [2.45, 2.75) is 44.9 Å². The summed E-state index contributed by atoms with van der Waals surface area (Å²) >= 11 is 0. The van der Waals surface area contributed by atoms with Gasteiger partial charge in [0.25, 0.3) is 0 Å². The number of aromatic amines is 1. The maximum absolute atomic E-state index is 4.81. The fourth-order valence-corrected chi connectivity index (χ4v) is 3.57. The van der Waals surface area contributed by atoms with Gasteiger partial charge in [0.1, 0.15) is 5.82 Å². The first-order chi connectivity index (χ1) is 11.6. The predicted molar refractivity (Wildman–Crippen MR) is 92.9 cm³/mol. The van der Waals surface area contributed by atoms with Crippen molar-refractivity contribution in [2.24, 2.45) is 7.05 Å². The summed E-state index contributed by atoms with van der Waals surface area (Å²) in [6.07, 6.45) is 4.08. The van der Waals surface area contributed by atoms with Crippen LogP contribution in [0.2, 0.25) is 0 Å². The monoisotopic (exact) mass is 321 g/mol. The number of nitrogens with one attached hydrogen (secondary N) is 1. The van der Waals surface area contributed by atoms with Crippen LogP contribution in [0, 0.1) is 13.8 Å². The lowest BCUT2D eigenvalue weighted by Crippen LogP contribution is -2.10. The van der Waals surface area contributed by atoms with Gasteiger partial charge in [-0.05, 0) is 44.2 Å². The highest BCUT2D eigenvalue weighted by molar-refractivity contribution is 5.39. The minimum Gasteiger partial charge on any atom is -0.272 e. The summed E-state index contributed by atoms with van der Waals surface area (Å²) in [4.78, 5) is 4.81. The van der Waals surface area contributed by atoms with Gasteiger partial charge in [0.15, 0.2) is 5.82 Å². The van der Waals surface area contributed by atoms with Crippen LogP contribution in [-0.4, -0.2) is 25.0 Å². The Morgan fingerprint density at radius 2 is 1.88 bits per heavy atom. The van der Waals surface area contributed by atoms with Gasteiger partial charge >= 0.3 is 0 Å². The predicted octanol–water partition coefficient (Wildman–Crippen LogP) is 3.02. The first-order valence-electron chi connectivity index (χ1n) is 8.56. The average Bonchev–Trinajstić information content (AvgIpc) is 3.20. The van der Waals surface area contributed by atoms with E-state index in [-0.39, 0.29) is 5.41 Å². The Morgan fingerprint density at radius 3 is 2.50 bits per heavy atom. The summed E-state index contributed by atoms with van der Waals surface area (Å²) in [5.41, 5.74) is 5.03. The Balaban J connectivity index is 1.52. The highest BCUT2D eigenvalue weighted by Crippen LogP contribution is 2.51. The second-order valence-corrected chi connectivity index (χ2v) is 6.83. The van der Waals surface area contributed by atoms with Crippen molar-refractivity contribution in [1.82, 2.24) is 25.0 Å². The molecule has 0 radical (unpaired) electrons. The molecular weight excluding hydrogens is 298 g/mol. The van der Waals surface area contributed by atoms with Crippen molar-refractivity contribution < 1.29 is 0 Å². The zero-order valence-corrected chi connectivity index (χ0v) is 14.5. The Kier molecular flexibility index (Phi) is 3.52. The zero-order valence-electron chi connectivity index (χ0n) is 14.5. The number of hydrogen-bond donors (Lipinski definition) is 1. The van der Waals surface area contributed by atoms with Crippen molar-refractivity contribution in [3.05, 3.63) is 64.5 Å². The zero-order chi connectivity index (χ0) is 16.7. The van der Waals surface area contributed by atoms with Crippen LogP contribution in [0.4, 0.5) is 0 Å². The van der Waals surface area contributed by atoms with Crippen LogP contribution in [0.25, 0.3) is 0 Å². The van der Waals surface area contributed by atoms with E-state index in [1.807, 2.05) is 11.7 Å². The van der Waals surface area contributed by atoms with Crippen LogP contribution in [0.1, 0.15) is 47.0 Å². The van der Waals surface area contributed by atoms with Gasteiger partial charge in [-0.3, -0.25) is 9.78 Å². The summed E-state index contributed by atoms with van der Waals surface area (Å²) in [5.74, 6) is 1.91. The molecule has 2 heterocycles. The molecule has 124 valence electrons. The molecule has 1 N–H and O–H groups in total. The quantitative estimate of drug-likeness (QED) is 0.786. The van der Waals surface area contributed by atoms with E-state index in [1.165, 1.54) is 16.8 Å². The first-order valence-corrected chi connectivity index (χ1v) is 8.56. The molecule has 0 amide bonds. The molecule has 1 aliphatic rings. The minimum atomic E-state index is 0.0378. The highest BCUT2D eigenvalue weighted by atomic mass is 15.3. The third-order valence-corrected chi connectivity index (χ3v) is 5.31. The standard InChI is InChI=1S/C19H23N5/c1-13-16(14(2)24(3)23-13)9-10-17-20-18(22-21-17)19(11-12-19)15-7-5-4-6-8-15/h4-8H,9-12H2,1-3H3,(H,20,21,22). The fraction of sp³-hybridized carbons (Fsp3) is 0.421. The van der Waals surface area contributed by atoms with E-state index in [0.29, 0.717) is 0 Å². The van der Waals surface area contributed by atoms with Crippen molar-refractivity contribution >= 4 is 0 Å². The van der Waals surface area contributed by atoms with Crippen LogP contribution in [0.3, 0.4) is 0 Å². The van der Waals surface area contributed by atoms with Crippen LogP contribution in [-0.2, 0) is 25.3 Å². The third-order valence-electron chi connectivity index (χ3n) is 5.31. The molecule has 5 heteroatoms. The van der Waals surface area contributed by atoms with E-state index in [4.69, 9.17) is 4.98 Å². The van der Waals surface area contributed by atoms with Crippen LogP contribution < -0.4 is 0 Å². The van der Waals surface area contributed by atoms with Crippen molar-refractivity contribution in [2.75, 3.05) is 0 Å². The van der Waals surface area contributed by atoms with Gasteiger partial charge in [-0.1, -0.05) is 30.3 Å². The van der Waals surface area contributed by atoms with E-state index < -0.39 is 0 Å². The molecule has 1 fully saturated rings. The molecule has 0 spiro atoms. The smallest absolute Gasteiger partial charge is 0.161 e. The molecule has 0 unspecified atom stereocenters. The Hall–Kier alpha value is -2.43. The lowest BCUT2D eigenvalue weighted by molar-refractivity contribution is 0.729. The maximum atomic E-state index is 4.81. The molecule has 1 aliphatic carbocycles. The average molecular weight is 321 g/mol. The van der Waals surface area contributed by atoms with E-state index >= 15 is 0 Å². The number of rotatable bonds is 5. The topological polar surface area (TPSA) is 59.4 Å². The van der Waals surface area contributed by atoms with Gasteiger partial charge in [-0.15, -0.1) is 0 Å². The number of H-pyrrole nitrogens is 1. The molecule has 0 aliphatic heterocycles. The number of hydrogen-bond acceptors (Lipinski definition) is 3. The van der Waals surface area contributed by atoms with Gasteiger partial charge < -0.3 is 0 Å². The second-order valence-electron chi connectivity index (χ2n) is 6.83. The van der Waals surface area contributed by atoms with E-state index in [9.17, 15) is 0 Å². The maximum Gasteiger partial charge on any atom is 0.161 e. The van der Waals surface area contributed by atoms with Crippen molar-refractivity contribution in [3.63, 3.8) is 0 Å². The molecular formula is C19H23N5. The molecule has 4 rings (SSSR count). The number of aromatic nitrogens is 5. The molecule has 2 aromatic heterocycles. The SMILES string of the molecule is Cc1nn(C)c(C)c1CCc1nc(C2(c3ccccc3)CC2)n[nH]1. The lowest BCUT2D eigenvalue weighted by atomic mass is 9.95. The van der Waals surface area contributed by atoms with Gasteiger partial charge in [-0.2, -0.15) is 10.2 Å². The fourth-order valence-electron chi connectivity index (χ4n) is 3.57. The van der Waals surface area contributed by atoms with E-state index in [2.05, 4.69) is 59.5 Å². The van der Waals surface area contributed by atoms with Crippen molar-refractivity contribution in [3.8, 4) is 0 Å². The largest absolute Gasteiger partial charge is 0.272 e. The van der Waals surface area contributed by atoms with E-state index in [0.717, 1.165) is 43.0 Å². The van der Waals surface area contributed by atoms with Crippen LogP contribution >= 0.6 is 0 Å². The molecule has 5 nitrogen and oxygen atoms in total. The Labute approximate surface area is 142 Å². The first kappa shape index (κ1) is 15.1. The molecule has 24 heavy (non-hydrogen) atoms. The summed E-state index contributed by atoms with van der Waals surface area (Å²) < 4.78 is 1.95. The van der Waals surface area contributed by atoms with Gasteiger partial charge in [0.05, 0.1) is 11.1 Å². The van der Waals surface area contributed by atoms with Gasteiger partial charge in [0, 0.05) is 19.2 Å².